The molecule has 0 saturated carbocycles. The lowest BCUT2D eigenvalue weighted by Crippen LogP contribution is -1.84. The first-order valence-corrected chi connectivity index (χ1v) is 7.10. The Morgan fingerprint density at radius 2 is 1.50 bits per heavy atom. The van der Waals surface area contributed by atoms with E-state index in [0.717, 1.165) is 0 Å². The van der Waals surface area contributed by atoms with Gasteiger partial charge in [0, 0.05) is 0 Å². The van der Waals surface area contributed by atoms with E-state index in [1.54, 1.807) is 5.57 Å². The Morgan fingerprint density at radius 3 is 2.00 bits per heavy atom. The van der Waals surface area contributed by atoms with Gasteiger partial charge in [-0.15, -0.1) is 6.58 Å². The number of hydrogen-bond donors (Lipinski definition) is 0. The molecule has 0 atom stereocenters. The highest BCUT2D eigenvalue weighted by Gasteiger charge is 1.94. The minimum absolute atomic E-state index is 1.20. The highest BCUT2D eigenvalue weighted by Crippen LogP contribution is 2.14. The second kappa shape index (κ2) is 12.5. The molecule has 0 fully saturated rings. The Hall–Kier alpha value is -0.520. The molecule has 16 heavy (non-hydrogen) atoms. The van der Waals surface area contributed by atoms with Gasteiger partial charge in [0.25, 0.3) is 0 Å². The summed E-state index contributed by atoms with van der Waals surface area (Å²) in [5.74, 6) is 0. The fourth-order valence-electron chi connectivity index (χ4n) is 2.05. The average molecular weight is 222 g/mol. The summed E-state index contributed by atoms with van der Waals surface area (Å²) in [5.41, 5.74) is 1.63. The monoisotopic (exact) mass is 222 g/mol. The van der Waals surface area contributed by atoms with Gasteiger partial charge in [-0.3, -0.25) is 0 Å². The molecule has 0 nitrogen and oxygen atoms in total. The predicted molar refractivity (Wildman–Crippen MR) is 75.8 cm³/mol. The Morgan fingerprint density at radius 1 is 0.938 bits per heavy atom. The van der Waals surface area contributed by atoms with E-state index in [-0.39, 0.29) is 0 Å². The molecule has 94 valence electrons. The van der Waals surface area contributed by atoms with Crippen molar-refractivity contribution >= 4 is 0 Å². The second-order valence-electron chi connectivity index (χ2n) is 4.60. The zero-order chi connectivity index (χ0) is 12.1. The number of unbranched alkanes of at least 4 members (excludes halogenated alkanes) is 7. The van der Waals surface area contributed by atoms with Gasteiger partial charge in [-0.25, -0.2) is 0 Å². The van der Waals surface area contributed by atoms with Crippen molar-refractivity contribution in [2.24, 2.45) is 0 Å². The predicted octanol–water partition coefficient (Wildman–Crippen LogP) is 6.04. The molecule has 0 aliphatic rings. The Balaban J connectivity index is 3.12. The molecule has 0 aromatic heterocycles. The van der Waals surface area contributed by atoms with E-state index >= 15 is 0 Å². The molecule has 0 bridgehead atoms. The lowest BCUT2D eigenvalue weighted by molar-refractivity contribution is 0.579. The van der Waals surface area contributed by atoms with Gasteiger partial charge in [-0.2, -0.15) is 0 Å². The van der Waals surface area contributed by atoms with E-state index in [0.29, 0.717) is 0 Å². The van der Waals surface area contributed by atoms with Crippen molar-refractivity contribution in [3.63, 3.8) is 0 Å². The maximum absolute atomic E-state index is 3.75. The Bertz CT molecular complexity index is 176. The normalized spacial score (nSPS) is 11.8. The van der Waals surface area contributed by atoms with Crippen LogP contribution in [-0.4, -0.2) is 0 Å². The van der Waals surface area contributed by atoms with Gasteiger partial charge >= 0.3 is 0 Å². The second-order valence-corrected chi connectivity index (χ2v) is 4.60. The standard InChI is InChI=1S/C16H30/c1-4-7-8-9-10-11-12-13-14-15-16(5-2)6-3/h4-5H,1,6-15H2,2-3H3. The number of rotatable bonds is 11. The van der Waals surface area contributed by atoms with Gasteiger partial charge in [0.2, 0.25) is 0 Å². The smallest absolute Gasteiger partial charge is 0.0321 e. The molecule has 0 radical (unpaired) electrons. The van der Waals surface area contributed by atoms with Gasteiger partial charge in [0.1, 0.15) is 0 Å². The molecular weight excluding hydrogens is 192 g/mol. The lowest BCUT2D eigenvalue weighted by atomic mass is 10.0. The van der Waals surface area contributed by atoms with Crippen LogP contribution in [0.4, 0.5) is 0 Å². The van der Waals surface area contributed by atoms with Gasteiger partial charge in [0.05, 0.1) is 0 Å². The fourth-order valence-corrected chi connectivity index (χ4v) is 2.05. The van der Waals surface area contributed by atoms with Crippen LogP contribution in [0.3, 0.4) is 0 Å². The van der Waals surface area contributed by atoms with Gasteiger partial charge in [-0.05, 0) is 39.0 Å². The first-order chi connectivity index (χ1) is 7.85. The Kier molecular flexibility index (Phi) is 12.1. The third kappa shape index (κ3) is 10.0. The van der Waals surface area contributed by atoms with Crippen LogP contribution in [0.1, 0.15) is 78.1 Å². The number of allylic oxidation sites excluding steroid dienone is 3. The van der Waals surface area contributed by atoms with Crippen molar-refractivity contribution in [2.45, 2.75) is 78.1 Å². The van der Waals surface area contributed by atoms with Gasteiger partial charge in [-0.1, -0.05) is 56.8 Å². The third-order valence-electron chi connectivity index (χ3n) is 3.27. The summed E-state index contributed by atoms with van der Waals surface area (Å²) < 4.78 is 0. The fraction of sp³-hybridized carbons (Fsp3) is 0.750. The van der Waals surface area contributed by atoms with E-state index in [4.69, 9.17) is 0 Å². The van der Waals surface area contributed by atoms with Crippen LogP contribution in [0.5, 0.6) is 0 Å². The van der Waals surface area contributed by atoms with E-state index < -0.39 is 0 Å². The quantitative estimate of drug-likeness (QED) is 0.295. The van der Waals surface area contributed by atoms with E-state index in [1.807, 2.05) is 6.08 Å². The minimum atomic E-state index is 1.20. The SMILES string of the molecule is C=CCCCCCCCCCC(=CC)CC. The largest absolute Gasteiger partial charge is 0.103 e. The molecule has 0 spiro atoms. The molecule has 0 aliphatic carbocycles. The number of hydrogen-bond acceptors (Lipinski definition) is 0. The topological polar surface area (TPSA) is 0 Å². The highest BCUT2D eigenvalue weighted by atomic mass is 14.0. The van der Waals surface area contributed by atoms with Crippen LogP contribution in [0.2, 0.25) is 0 Å². The summed E-state index contributed by atoms with van der Waals surface area (Å²) in [6, 6.07) is 0. The highest BCUT2D eigenvalue weighted by molar-refractivity contribution is 4.98. The maximum atomic E-state index is 3.75. The molecule has 0 saturated heterocycles. The van der Waals surface area contributed by atoms with Crippen molar-refractivity contribution < 1.29 is 0 Å². The molecule has 0 heteroatoms. The van der Waals surface area contributed by atoms with Gasteiger partial charge < -0.3 is 0 Å². The summed E-state index contributed by atoms with van der Waals surface area (Å²) in [5, 5.41) is 0. The third-order valence-corrected chi connectivity index (χ3v) is 3.27. The zero-order valence-electron chi connectivity index (χ0n) is 11.4. The molecular formula is C16H30. The molecule has 0 aromatic rings. The lowest BCUT2D eigenvalue weighted by Gasteiger charge is -2.04. The summed E-state index contributed by atoms with van der Waals surface area (Å²) in [6.45, 7) is 8.17. The molecule has 0 aliphatic heterocycles. The van der Waals surface area contributed by atoms with Crippen LogP contribution >= 0.6 is 0 Å². The van der Waals surface area contributed by atoms with E-state index in [9.17, 15) is 0 Å². The van der Waals surface area contributed by atoms with Crippen LogP contribution < -0.4 is 0 Å². The average Bonchev–Trinajstić information content (AvgIpc) is 2.32. The van der Waals surface area contributed by atoms with Crippen LogP contribution in [0, 0.1) is 0 Å². The first kappa shape index (κ1) is 15.5. The first-order valence-electron chi connectivity index (χ1n) is 7.10. The summed E-state index contributed by atoms with van der Waals surface area (Å²) in [6.07, 6.45) is 17.9. The van der Waals surface area contributed by atoms with Crippen molar-refractivity contribution in [3.8, 4) is 0 Å². The summed E-state index contributed by atoms with van der Waals surface area (Å²) in [4.78, 5) is 0. The van der Waals surface area contributed by atoms with Crippen molar-refractivity contribution in [1.82, 2.24) is 0 Å². The van der Waals surface area contributed by atoms with E-state index in [1.165, 1.54) is 64.2 Å². The van der Waals surface area contributed by atoms with Crippen LogP contribution in [0.15, 0.2) is 24.3 Å². The zero-order valence-corrected chi connectivity index (χ0v) is 11.4. The van der Waals surface area contributed by atoms with E-state index in [2.05, 4.69) is 26.5 Å². The Labute approximate surface area is 103 Å². The minimum Gasteiger partial charge on any atom is -0.103 e. The molecule has 0 N–H and O–H groups in total. The summed E-state index contributed by atoms with van der Waals surface area (Å²) >= 11 is 0. The maximum Gasteiger partial charge on any atom is -0.0321 e. The van der Waals surface area contributed by atoms with Crippen molar-refractivity contribution in [3.05, 3.63) is 24.3 Å². The summed E-state index contributed by atoms with van der Waals surface area (Å²) in [7, 11) is 0. The van der Waals surface area contributed by atoms with Crippen molar-refractivity contribution in [1.29, 1.82) is 0 Å². The van der Waals surface area contributed by atoms with Crippen LogP contribution in [-0.2, 0) is 0 Å². The van der Waals surface area contributed by atoms with Crippen molar-refractivity contribution in [2.75, 3.05) is 0 Å². The molecule has 0 heterocycles. The molecule has 0 rings (SSSR count). The molecule has 0 amide bonds. The molecule has 0 unspecified atom stereocenters. The van der Waals surface area contributed by atoms with Gasteiger partial charge in [0.15, 0.2) is 0 Å². The molecule has 0 aromatic carbocycles. The van der Waals surface area contributed by atoms with Crippen LogP contribution in [0.25, 0.3) is 0 Å².